The molecular weight excluding hydrogens is 176 g/mol. The monoisotopic (exact) mass is 194 g/mol. The molecule has 0 bridgehead atoms. The van der Waals surface area contributed by atoms with Crippen molar-refractivity contribution in [3.8, 4) is 0 Å². The van der Waals surface area contributed by atoms with Crippen molar-refractivity contribution >= 4 is 0 Å². The topological polar surface area (TPSA) is 46.0 Å². The van der Waals surface area contributed by atoms with Gasteiger partial charge in [0.1, 0.15) is 6.10 Å². The van der Waals surface area contributed by atoms with Gasteiger partial charge in [0, 0.05) is 12.4 Å². The predicted octanol–water partition coefficient (Wildman–Crippen LogP) is 2.11. The largest absolute Gasteiger partial charge is 0.385 e. The number of rotatable bonds is 3. The van der Waals surface area contributed by atoms with Crippen molar-refractivity contribution < 1.29 is 5.11 Å². The number of aliphatic hydroxyl groups is 1. The number of aromatic nitrogens is 2. The normalized spacial score (nSPS) is 15.6. The molecule has 3 nitrogen and oxygen atoms in total. The van der Waals surface area contributed by atoms with Gasteiger partial charge in [0.2, 0.25) is 0 Å². The molecule has 14 heavy (non-hydrogen) atoms. The Morgan fingerprint density at radius 1 is 1.14 bits per heavy atom. The summed E-state index contributed by atoms with van der Waals surface area (Å²) < 4.78 is 0. The van der Waals surface area contributed by atoms with E-state index < -0.39 is 6.10 Å². The first kappa shape index (κ1) is 11.1. The average molecular weight is 194 g/mol. The first-order valence-corrected chi connectivity index (χ1v) is 4.99. The van der Waals surface area contributed by atoms with Gasteiger partial charge in [-0.25, -0.2) is 9.97 Å². The van der Waals surface area contributed by atoms with Crippen LogP contribution in [0.2, 0.25) is 0 Å². The first-order chi connectivity index (χ1) is 6.52. The molecule has 0 aromatic carbocycles. The molecule has 1 rings (SSSR count). The molecule has 78 valence electrons. The van der Waals surface area contributed by atoms with Crippen LogP contribution in [0.15, 0.2) is 12.4 Å². The quantitative estimate of drug-likeness (QED) is 0.801. The van der Waals surface area contributed by atoms with E-state index in [1.165, 1.54) is 0 Å². The molecular formula is C11H18N2O. The van der Waals surface area contributed by atoms with Crippen LogP contribution in [-0.2, 0) is 0 Å². The van der Waals surface area contributed by atoms with Gasteiger partial charge in [-0.3, -0.25) is 0 Å². The molecule has 3 heteroatoms. The number of aryl methyl sites for hydroxylation is 1. The molecule has 0 spiro atoms. The lowest BCUT2D eigenvalue weighted by Crippen LogP contribution is -2.17. The second-order valence-corrected chi connectivity index (χ2v) is 4.17. The van der Waals surface area contributed by atoms with Crippen LogP contribution < -0.4 is 0 Å². The van der Waals surface area contributed by atoms with Gasteiger partial charge in [-0.05, 0) is 24.3 Å². The van der Waals surface area contributed by atoms with Gasteiger partial charge in [0.15, 0.2) is 5.82 Å². The van der Waals surface area contributed by atoms with Gasteiger partial charge in [0.25, 0.3) is 0 Å². The number of aliphatic hydroxyl groups excluding tert-OH is 1. The van der Waals surface area contributed by atoms with E-state index in [-0.39, 0.29) is 5.92 Å². The third-order valence-electron chi connectivity index (χ3n) is 2.62. The van der Waals surface area contributed by atoms with Crippen molar-refractivity contribution in [3.05, 3.63) is 23.8 Å². The van der Waals surface area contributed by atoms with Crippen LogP contribution in [0.3, 0.4) is 0 Å². The van der Waals surface area contributed by atoms with Gasteiger partial charge in [0.05, 0.1) is 0 Å². The Morgan fingerprint density at radius 2 is 1.64 bits per heavy atom. The van der Waals surface area contributed by atoms with Crippen molar-refractivity contribution in [1.82, 2.24) is 9.97 Å². The lowest BCUT2D eigenvalue weighted by Gasteiger charge is -2.20. The van der Waals surface area contributed by atoms with Crippen molar-refractivity contribution in [2.45, 2.75) is 33.8 Å². The van der Waals surface area contributed by atoms with Gasteiger partial charge < -0.3 is 5.11 Å². The zero-order valence-electron chi connectivity index (χ0n) is 9.23. The molecule has 1 aromatic heterocycles. The standard InChI is InChI=1S/C11H18N2O/c1-7(2)9(4)10(14)11-12-5-8(3)6-13-11/h5-7,9-10,14H,1-4H3. The van der Waals surface area contributed by atoms with Crippen LogP contribution in [0, 0.1) is 18.8 Å². The fourth-order valence-electron chi connectivity index (χ4n) is 1.16. The van der Waals surface area contributed by atoms with E-state index in [1.54, 1.807) is 12.4 Å². The fraction of sp³-hybridized carbons (Fsp3) is 0.636. The molecule has 0 saturated carbocycles. The second kappa shape index (κ2) is 4.51. The van der Waals surface area contributed by atoms with Gasteiger partial charge in [-0.15, -0.1) is 0 Å². The lowest BCUT2D eigenvalue weighted by atomic mass is 9.92. The van der Waals surface area contributed by atoms with E-state index in [2.05, 4.69) is 23.8 Å². The Bertz CT molecular complexity index is 282. The highest BCUT2D eigenvalue weighted by molar-refractivity contribution is 5.04. The predicted molar refractivity (Wildman–Crippen MR) is 55.7 cm³/mol. The Morgan fingerprint density at radius 3 is 2.07 bits per heavy atom. The van der Waals surface area contributed by atoms with E-state index in [9.17, 15) is 5.11 Å². The zero-order chi connectivity index (χ0) is 10.7. The summed E-state index contributed by atoms with van der Waals surface area (Å²) in [6.07, 6.45) is 2.91. The molecule has 0 radical (unpaired) electrons. The fourth-order valence-corrected chi connectivity index (χ4v) is 1.16. The third-order valence-corrected chi connectivity index (χ3v) is 2.62. The molecule has 0 fully saturated rings. The summed E-state index contributed by atoms with van der Waals surface area (Å²) in [7, 11) is 0. The highest BCUT2D eigenvalue weighted by Gasteiger charge is 2.21. The molecule has 0 aliphatic heterocycles. The van der Waals surface area contributed by atoms with E-state index in [4.69, 9.17) is 0 Å². The maximum Gasteiger partial charge on any atom is 0.157 e. The van der Waals surface area contributed by atoms with E-state index in [0.29, 0.717) is 11.7 Å². The van der Waals surface area contributed by atoms with Crippen LogP contribution in [0.4, 0.5) is 0 Å². The first-order valence-electron chi connectivity index (χ1n) is 4.99. The van der Waals surface area contributed by atoms with Crippen LogP contribution >= 0.6 is 0 Å². The molecule has 0 saturated heterocycles. The minimum Gasteiger partial charge on any atom is -0.385 e. The molecule has 0 aliphatic rings. The van der Waals surface area contributed by atoms with Crippen LogP contribution in [0.5, 0.6) is 0 Å². The minimum absolute atomic E-state index is 0.178. The summed E-state index contributed by atoms with van der Waals surface area (Å²) in [5.74, 6) is 1.13. The van der Waals surface area contributed by atoms with E-state index >= 15 is 0 Å². The molecule has 2 unspecified atom stereocenters. The molecule has 0 aliphatic carbocycles. The summed E-state index contributed by atoms with van der Waals surface area (Å²) in [6, 6.07) is 0. The molecule has 2 atom stereocenters. The molecule has 1 N–H and O–H groups in total. The smallest absolute Gasteiger partial charge is 0.157 e. The van der Waals surface area contributed by atoms with E-state index in [0.717, 1.165) is 5.56 Å². The number of hydrogen-bond acceptors (Lipinski definition) is 3. The second-order valence-electron chi connectivity index (χ2n) is 4.17. The zero-order valence-corrected chi connectivity index (χ0v) is 9.23. The average Bonchev–Trinajstić information content (AvgIpc) is 2.16. The molecule has 1 heterocycles. The Labute approximate surface area is 85.2 Å². The summed E-state index contributed by atoms with van der Waals surface area (Å²) in [4.78, 5) is 8.24. The summed E-state index contributed by atoms with van der Waals surface area (Å²) in [5.41, 5.74) is 1.01. The summed E-state index contributed by atoms with van der Waals surface area (Å²) >= 11 is 0. The molecule has 1 aromatic rings. The van der Waals surface area contributed by atoms with Crippen LogP contribution in [0.1, 0.15) is 38.3 Å². The van der Waals surface area contributed by atoms with Crippen molar-refractivity contribution in [3.63, 3.8) is 0 Å². The highest BCUT2D eigenvalue weighted by Crippen LogP contribution is 2.24. The lowest BCUT2D eigenvalue weighted by molar-refractivity contribution is 0.0839. The number of nitrogens with zero attached hydrogens (tertiary/aromatic N) is 2. The van der Waals surface area contributed by atoms with Crippen LogP contribution in [-0.4, -0.2) is 15.1 Å². The Kier molecular flexibility index (Phi) is 3.58. The van der Waals surface area contributed by atoms with Gasteiger partial charge >= 0.3 is 0 Å². The maximum atomic E-state index is 9.93. The Hall–Kier alpha value is -0.960. The summed E-state index contributed by atoms with van der Waals surface area (Å²) in [6.45, 7) is 8.12. The Balaban J connectivity index is 2.78. The van der Waals surface area contributed by atoms with Crippen molar-refractivity contribution in [2.75, 3.05) is 0 Å². The van der Waals surface area contributed by atoms with Crippen LogP contribution in [0.25, 0.3) is 0 Å². The van der Waals surface area contributed by atoms with Crippen molar-refractivity contribution in [2.24, 2.45) is 11.8 Å². The van der Waals surface area contributed by atoms with Gasteiger partial charge in [-0.1, -0.05) is 20.8 Å². The maximum absolute atomic E-state index is 9.93. The highest BCUT2D eigenvalue weighted by atomic mass is 16.3. The third kappa shape index (κ3) is 2.51. The summed E-state index contributed by atoms with van der Waals surface area (Å²) in [5, 5.41) is 9.93. The minimum atomic E-state index is -0.560. The number of hydrogen-bond donors (Lipinski definition) is 1. The van der Waals surface area contributed by atoms with Crippen molar-refractivity contribution in [1.29, 1.82) is 0 Å². The van der Waals surface area contributed by atoms with E-state index in [1.807, 2.05) is 13.8 Å². The van der Waals surface area contributed by atoms with Gasteiger partial charge in [-0.2, -0.15) is 0 Å². The molecule has 0 amide bonds. The SMILES string of the molecule is Cc1cnc(C(O)C(C)C(C)C)nc1.